The van der Waals surface area contributed by atoms with Crippen molar-refractivity contribution in [1.29, 1.82) is 0 Å². The van der Waals surface area contributed by atoms with Gasteiger partial charge in [-0.25, -0.2) is 0 Å². The highest BCUT2D eigenvalue weighted by molar-refractivity contribution is 5.74. The molecule has 0 aliphatic rings. The van der Waals surface area contributed by atoms with Crippen molar-refractivity contribution in [2.75, 3.05) is 0 Å². The van der Waals surface area contributed by atoms with E-state index in [9.17, 15) is 0 Å². The van der Waals surface area contributed by atoms with Gasteiger partial charge in [0.15, 0.2) is 0 Å². The van der Waals surface area contributed by atoms with Crippen molar-refractivity contribution < 1.29 is 0 Å². The van der Waals surface area contributed by atoms with Gasteiger partial charge in [0.05, 0.1) is 11.0 Å². The fraction of sp³-hybridized carbons (Fsp3) is 0.333. The molecule has 1 aromatic heterocycles. The van der Waals surface area contributed by atoms with Crippen molar-refractivity contribution in [1.82, 2.24) is 9.97 Å². The molecule has 3 nitrogen and oxygen atoms in total. The largest absolute Gasteiger partial charge is 0.324 e. The SMILES string of the molecule is CCC[C@@H](N)c1ccc2nccnc2c1. The summed E-state index contributed by atoms with van der Waals surface area (Å²) in [7, 11) is 0. The van der Waals surface area contributed by atoms with Crippen molar-refractivity contribution in [2.24, 2.45) is 5.73 Å². The molecule has 0 saturated carbocycles. The number of nitrogens with two attached hydrogens (primary N) is 1. The van der Waals surface area contributed by atoms with Gasteiger partial charge in [-0.05, 0) is 24.1 Å². The monoisotopic (exact) mass is 201 g/mol. The van der Waals surface area contributed by atoms with Gasteiger partial charge in [-0.2, -0.15) is 0 Å². The highest BCUT2D eigenvalue weighted by atomic mass is 14.8. The predicted molar refractivity (Wildman–Crippen MR) is 61.4 cm³/mol. The molecular formula is C12H15N3. The van der Waals surface area contributed by atoms with E-state index in [0.717, 1.165) is 29.4 Å². The van der Waals surface area contributed by atoms with Gasteiger partial charge >= 0.3 is 0 Å². The summed E-state index contributed by atoms with van der Waals surface area (Å²) in [6.07, 6.45) is 5.51. The van der Waals surface area contributed by atoms with Gasteiger partial charge in [0.25, 0.3) is 0 Å². The van der Waals surface area contributed by atoms with Crippen LogP contribution in [0.1, 0.15) is 31.4 Å². The quantitative estimate of drug-likeness (QED) is 0.829. The van der Waals surface area contributed by atoms with Gasteiger partial charge in [-0.1, -0.05) is 19.4 Å². The fourth-order valence-electron chi connectivity index (χ4n) is 1.69. The molecule has 0 bridgehead atoms. The molecule has 3 heteroatoms. The molecule has 2 N–H and O–H groups in total. The van der Waals surface area contributed by atoms with E-state index in [1.807, 2.05) is 18.2 Å². The minimum Gasteiger partial charge on any atom is -0.324 e. The summed E-state index contributed by atoms with van der Waals surface area (Å²) in [5.74, 6) is 0. The van der Waals surface area contributed by atoms with Crippen LogP contribution in [-0.2, 0) is 0 Å². The van der Waals surface area contributed by atoms with E-state index in [4.69, 9.17) is 5.73 Å². The van der Waals surface area contributed by atoms with Gasteiger partial charge in [0.1, 0.15) is 0 Å². The molecule has 0 radical (unpaired) electrons. The number of rotatable bonds is 3. The Bertz CT molecular complexity index is 453. The second-order valence-corrected chi connectivity index (χ2v) is 3.70. The summed E-state index contributed by atoms with van der Waals surface area (Å²) in [4.78, 5) is 8.49. The topological polar surface area (TPSA) is 51.8 Å². The van der Waals surface area contributed by atoms with Crippen molar-refractivity contribution in [3.05, 3.63) is 36.2 Å². The highest BCUT2D eigenvalue weighted by Crippen LogP contribution is 2.19. The van der Waals surface area contributed by atoms with E-state index in [1.54, 1.807) is 12.4 Å². The molecule has 2 aromatic rings. The van der Waals surface area contributed by atoms with Crippen LogP contribution in [-0.4, -0.2) is 9.97 Å². The number of aromatic nitrogens is 2. The van der Waals surface area contributed by atoms with Crippen molar-refractivity contribution in [3.63, 3.8) is 0 Å². The molecule has 0 aliphatic carbocycles. The number of benzene rings is 1. The Kier molecular flexibility index (Phi) is 2.92. The van der Waals surface area contributed by atoms with Crippen LogP contribution in [0.3, 0.4) is 0 Å². The van der Waals surface area contributed by atoms with E-state index >= 15 is 0 Å². The summed E-state index contributed by atoms with van der Waals surface area (Å²) in [5, 5.41) is 0. The Labute approximate surface area is 89.4 Å². The van der Waals surface area contributed by atoms with Crippen LogP contribution < -0.4 is 5.73 Å². The second kappa shape index (κ2) is 4.36. The summed E-state index contributed by atoms with van der Waals surface area (Å²) < 4.78 is 0. The lowest BCUT2D eigenvalue weighted by Gasteiger charge is -2.10. The molecule has 0 unspecified atom stereocenters. The average molecular weight is 201 g/mol. The maximum absolute atomic E-state index is 6.05. The van der Waals surface area contributed by atoms with E-state index < -0.39 is 0 Å². The molecule has 0 fully saturated rings. The van der Waals surface area contributed by atoms with Crippen LogP contribution in [0.2, 0.25) is 0 Å². The lowest BCUT2D eigenvalue weighted by molar-refractivity contribution is 0.639. The number of fused-ring (bicyclic) bond motifs is 1. The van der Waals surface area contributed by atoms with Crippen molar-refractivity contribution >= 4 is 11.0 Å². The molecule has 1 aromatic carbocycles. The third-order valence-corrected chi connectivity index (χ3v) is 2.52. The average Bonchev–Trinajstić information content (AvgIpc) is 2.29. The number of hydrogen-bond donors (Lipinski definition) is 1. The number of hydrogen-bond acceptors (Lipinski definition) is 3. The number of nitrogens with zero attached hydrogens (tertiary/aromatic N) is 2. The Morgan fingerprint density at radius 1 is 1.20 bits per heavy atom. The second-order valence-electron chi connectivity index (χ2n) is 3.70. The van der Waals surface area contributed by atoms with E-state index in [2.05, 4.69) is 16.9 Å². The Morgan fingerprint density at radius 2 is 1.93 bits per heavy atom. The van der Waals surface area contributed by atoms with E-state index in [0.29, 0.717) is 0 Å². The minimum atomic E-state index is 0.112. The third kappa shape index (κ3) is 2.13. The van der Waals surface area contributed by atoms with Crippen LogP contribution >= 0.6 is 0 Å². The lowest BCUT2D eigenvalue weighted by atomic mass is 10.0. The highest BCUT2D eigenvalue weighted by Gasteiger charge is 2.05. The Morgan fingerprint density at radius 3 is 2.67 bits per heavy atom. The third-order valence-electron chi connectivity index (χ3n) is 2.52. The van der Waals surface area contributed by atoms with Crippen LogP contribution in [0.4, 0.5) is 0 Å². The van der Waals surface area contributed by atoms with Gasteiger partial charge in [-0.15, -0.1) is 0 Å². The molecule has 78 valence electrons. The zero-order valence-electron chi connectivity index (χ0n) is 8.85. The molecule has 2 rings (SSSR count). The predicted octanol–water partition coefficient (Wildman–Crippen LogP) is 2.43. The van der Waals surface area contributed by atoms with Gasteiger partial charge < -0.3 is 5.73 Å². The molecule has 1 atom stereocenters. The van der Waals surface area contributed by atoms with E-state index in [1.165, 1.54) is 0 Å². The molecule has 15 heavy (non-hydrogen) atoms. The maximum Gasteiger partial charge on any atom is 0.0890 e. The fourth-order valence-corrected chi connectivity index (χ4v) is 1.69. The summed E-state index contributed by atoms with van der Waals surface area (Å²) in [5.41, 5.74) is 9.03. The summed E-state index contributed by atoms with van der Waals surface area (Å²) in [6.45, 7) is 2.14. The summed E-state index contributed by atoms with van der Waals surface area (Å²) >= 11 is 0. The molecule has 0 saturated heterocycles. The Hall–Kier alpha value is -1.48. The van der Waals surface area contributed by atoms with Crippen LogP contribution in [0.15, 0.2) is 30.6 Å². The van der Waals surface area contributed by atoms with E-state index in [-0.39, 0.29) is 6.04 Å². The smallest absolute Gasteiger partial charge is 0.0890 e. The molecule has 1 heterocycles. The molecule has 0 spiro atoms. The lowest BCUT2D eigenvalue weighted by Crippen LogP contribution is -2.09. The standard InChI is InChI=1S/C12H15N3/c1-2-3-10(13)9-4-5-11-12(8-9)15-7-6-14-11/h4-8,10H,2-3,13H2,1H3/t10-/m1/s1. The minimum absolute atomic E-state index is 0.112. The Balaban J connectivity index is 2.38. The molecular weight excluding hydrogens is 186 g/mol. The molecule has 0 aliphatic heterocycles. The van der Waals surface area contributed by atoms with Crippen molar-refractivity contribution in [2.45, 2.75) is 25.8 Å². The van der Waals surface area contributed by atoms with Gasteiger partial charge in [0, 0.05) is 18.4 Å². The van der Waals surface area contributed by atoms with Gasteiger partial charge in [0.2, 0.25) is 0 Å². The van der Waals surface area contributed by atoms with Crippen LogP contribution in [0.5, 0.6) is 0 Å². The zero-order chi connectivity index (χ0) is 10.7. The first kappa shape index (κ1) is 10.1. The van der Waals surface area contributed by atoms with Crippen molar-refractivity contribution in [3.8, 4) is 0 Å². The zero-order valence-corrected chi connectivity index (χ0v) is 8.85. The normalized spacial score (nSPS) is 12.9. The summed E-state index contributed by atoms with van der Waals surface area (Å²) in [6, 6.07) is 6.16. The first-order valence-electron chi connectivity index (χ1n) is 5.27. The first-order chi connectivity index (χ1) is 7.31. The maximum atomic E-state index is 6.05. The van der Waals surface area contributed by atoms with Crippen LogP contribution in [0, 0.1) is 0 Å². The molecule has 0 amide bonds. The first-order valence-corrected chi connectivity index (χ1v) is 5.27. The van der Waals surface area contributed by atoms with Gasteiger partial charge in [-0.3, -0.25) is 9.97 Å². The van der Waals surface area contributed by atoms with Crippen LogP contribution in [0.25, 0.3) is 11.0 Å².